The van der Waals surface area contributed by atoms with Gasteiger partial charge in [-0.15, -0.1) is 11.3 Å². The van der Waals surface area contributed by atoms with E-state index in [-0.39, 0.29) is 5.88 Å². The Labute approximate surface area is 149 Å². The Morgan fingerprint density at radius 2 is 1.92 bits per heavy atom. The Morgan fingerprint density at radius 3 is 2.60 bits per heavy atom. The van der Waals surface area contributed by atoms with Crippen LogP contribution in [0, 0.1) is 13.8 Å². The summed E-state index contributed by atoms with van der Waals surface area (Å²) in [6, 6.07) is 8.94. The lowest BCUT2D eigenvalue weighted by molar-refractivity contribution is 0.0732. The van der Waals surface area contributed by atoms with Crippen molar-refractivity contribution in [2.75, 3.05) is 0 Å². The van der Waals surface area contributed by atoms with E-state index in [1.54, 1.807) is 6.07 Å². The van der Waals surface area contributed by atoms with Crippen LogP contribution in [0.2, 0.25) is 0 Å². The number of nitrogens with zero attached hydrogens (tertiary/aromatic N) is 2. The second kappa shape index (κ2) is 7.27. The molecule has 1 N–H and O–H groups in total. The van der Waals surface area contributed by atoms with Gasteiger partial charge in [-0.2, -0.15) is 0 Å². The van der Waals surface area contributed by atoms with E-state index in [9.17, 15) is 9.90 Å². The van der Waals surface area contributed by atoms with E-state index >= 15 is 0 Å². The molecule has 6 heteroatoms. The molecule has 2 aromatic heterocycles. The minimum atomic E-state index is -0.445. The number of phenolic OH excluding ortho intramolecular Hbond substituents is 1. The van der Waals surface area contributed by atoms with E-state index in [0.717, 1.165) is 21.6 Å². The second-order valence-corrected chi connectivity index (χ2v) is 6.59. The summed E-state index contributed by atoms with van der Waals surface area (Å²) in [7, 11) is 0. The smallest absolute Gasteiger partial charge is 0.355 e. The Hall–Kier alpha value is -2.99. The normalized spacial score (nSPS) is 11.0. The molecular weight excluding hydrogens is 336 g/mol. The van der Waals surface area contributed by atoms with Gasteiger partial charge < -0.3 is 9.84 Å². The van der Waals surface area contributed by atoms with Crippen LogP contribution in [0.1, 0.15) is 31.2 Å². The molecule has 2 heterocycles. The second-order valence-electron chi connectivity index (χ2n) is 5.48. The standard InChI is InChI=1S/C19H16N2O3S/c1-12-9-14(10-13(2)18(12)22)3-4-15-5-6-16(25-15)19(23)24-17-7-8-20-11-21-17/h3-11,22H,1-2H3/b4-3+. The van der Waals surface area contributed by atoms with Gasteiger partial charge in [0.15, 0.2) is 0 Å². The molecule has 1 aromatic carbocycles. The number of aryl methyl sites for hydroxylation is 2. The van der Waals surface area contributed by atoms with Gasteiger partial charge in [0, 0.05) is 17.1 Å². The lowest BCUT2D eigenvalue weighted by Crippen LogP contribution is -2.07. The van der Waals surface area contributed by atoms with Crippen LogP contribution in [0.3, 0.4) is 0 Å². The molecule has 0 saturated carbocycles. The number of ether oxygens (including phenoxy) is 1. The number of hydrogen-bond acceptors (Lipinski definition) is 6. The third kappa shape index (κ3) is 4.10. The van der Waals surface area contributed by atoms with E-state index < -0.39 is 5.97 Å². The molecule has 0 bridgehead atoms. The SMILES string of the molecule is Cc1cc(/C=C/c2ccc(C(=O)Oc3ccncn3)s2)cc(C)c1O. The van der Waals surface area contributed by atoms with Crippen LogP contribution in [0.15, 0.2) is 42.9 Å². The van der Waals surface area contributed by atoms with E-state index in [2.05, 4.69) is 9.97 Å². The summed E-state index contributed by atoms with van der Waals surface area (Å²) >= 11 is 1.34. The fourth-order valence-corrected chi connectivity index (χ4v) is 3.09. The third-order valence-electron chi connectivity index (χ3n) is 3.53. The minimum Gasteiger partial charge on any atom is -0.507 e. The van der Waals surface area contributed by atoms with Crippen molar-refractivity contribution in [2.24, 2.45) is 0 Å². The predicted octanol–water partition coefficient (Wildman–Crippen LogP) is 4.25. The van der Waals surface area contributed by atoms with Crippen LogP contribution in [0.5, 0.6) is 11.6 Å². The molecule has 0 amide bonds. The first kappa shape index (κ1) is 16.9. The van der Waals surface area contributed by atoms with Crippen LogP contribution in [0.4, 0.5) is 0 Å². The Kier molecular flexibility index (Phi) is 4.90. The molecule has 3 aromatic rings. The minimum absolute atomic E-state index is 0.223. The first-order valence-electron chi connectivity index (χ1n) is 7.59. The molecular formula is C19H16N2O3S. The lowest BCUT2D eigenvalue weighted by Gasteiger charge is -2.04. The van der Waals surface area contributed by atoms with Gasteiger partial charge >= 0.3 is 5.97 Å². The van der Waals surface area contributed by atoms with Gasteiger partial charge in [-0.05, 0) is 60.9 Å². The highest BCUT2D eigenvalue weighted by molar-refractivity contribution is 7.14. The van der Waals surface area contributed by atoms with Crippen molar-refractivity contribution in [1.82, 2.24) is 9.97 Å². The molecule has 0 unspecified atom stereocenters. The maximum Gasteiger partial charge on any atom is 0.355 e. The summed E-state index contributed by atoms with van der Waals surface area (Å²) in [5.41, 5.74) is 2.66. The van der Waals surface area contributed by atoms with Crippen LogP contribution in [-0.4, -0.2) is 21.0 Å². The first-order valence-corrected chi connectivity index (χ1v) is 8.41. The summed E-state index contributed by atoms with van der Waals surface area (Å²) in [4.78, 5) is 21.2. The number of aromatic hydroxyl groups is 1. The number of thiophene rings is 1. The average Bonchev–Trinajstić information content (AvgIpc) is 3.08. The van der Waals surface area contributed by atoms with E-state index in [4.69, 9.17) is 4.74 Å². The molecule has 0 atom stereocenters. The number of rotatable bonds is 4. The van der Waals surface area contributed by atoms with Gasteiger partial charge in [0.1, 0.15) is 17.0 Å². The molecule has 25 heavy (non-hydrogen) atoms. The highest BCUT2D eigenvalue weighted by Gasteiger charge is 2.11. The van der Waals surface area contributed by atoms with Gasteiger partial charge in [0.05, 0.1) is 0 Å². The van der Waals surface area contributed by atoms with Gasteiger partial charge in [-0.1, -0.05) is 6.08 Å². The molecule has 0 aliphatic rings. The first-order chi connectivity index (χ1) is 12.0. The molecule has 0 aliphatic heterocycles. The molecule has 3 rings (SSSR count). The maximum atomic E-state index is 12.1. The van der Waals surface area contributed by atoms with Gasteiger partial charge in [-0.3, -0.25) is 0 Å². The number of carbonyl (C=O) groups is 1. The summed E-state index contributed by atoms with van der Waals surface area (Å²) in [5.74, 6) is 0.100. The zero-order chi connectivity index (χ0) is 17.8. The van der Waals surface area contributed by atoms with Gasteiger partial charge in [0.25, 0.3) is 0 Å². The van der Waals surface area contributed by atoms with Crippen molar-refractivity contribution < 1.29 is 14.6 Å². The summed E-state index contributed by atoms with van der Waals surface area (Å²) in [6.45, 7) is 3.73. The maximum absolute atomic E-state index is 12.1. The molecule has 5 nitrogen and oxygen atoms in total. The monoisotopic (exact) mass is 352 g/mol. The Bertz CT molecular complexity index is 910. The summed E-state index contributed by atoms with van der Waals surface area (Å²) < 4.78 is 5.19. The van der Waals surface area contributed by atoms with E-state index in [1.165, 1.54) is 29.9 Å². The number of aromatic nitrogens is 2. The van der Waals surface area contributed by atoms with Crippen molar-refractivity contribution in [3.8, 4) is 11.6 Å². The quantitative estimate of drug-likeness (QED) is 0.711. The predicted molar refractivity (Wildman–Crippen MR) is 97.8 cm³/mol. The number of phenols is 1. The molecule has 126 valence electrons. The average molecular weight is 352 g/mol. The largest absolute Gasteiger partial charge is 0.507 e. The summed E-state index contributed by atoms with van der Waals surface area (Å²) in [5, 5.41) is 9.82. The molecule has 0 aliphatic carbocycles. The molecule has 0 spiro atoms. The van der Waals surface area contributed by atoms with Crippen molar-refractivity contribution in [1.29, 1.82) is 0 Å². The Balaban J connectivity index is 1.72. The summed E-state index contributed by atoms with van der Waals surface area (Å²) in [6.07, 6.45) is 6.72. The molecule has 0 saturated heterocycles. The van der Waals surface area contributed by atoms with Crippen molar-refractivity contribution >= 4 is 29.5 Å². The topological polar surface area (TPSA) is 72.3 Å². The zero-order valence-corrected chi connectivity index (χ0v) is 14.6. The number of esters is 1. The number of hydrogen-bond donors (Lipinski definition) is 1. The van der Waals surface area contributed by atoms with Gasteiger partial charge in [-0.25, -0.2) is 14.8 Å². The van der Waals surface area contributed by atoms with E-state index in [0.29, 0.717) is 10.6 Å². The number of benzene rings is 1. The fraction of sp³-hybridized carbons (Fsp3) is 0.105. The van der Waals surface area contributed by atoms with Crippen molar-refractivity contribution in [2.45, 2.75) is 13.8 Å². The molecule has 0 radical (unpaired) electrons. The van der Waals surface area contributed by atoms with Crippen LogP contribution in [-0.2, 0) is 0 Å². The molecule has 0 fully saturated rings. The third-order valence-corrected chi connectivity index (χ3v) is 4.56. The van der Waals surface area contributed by atoms with Crippen molar-refractivity contribution in [3.05, 3.63) is 69.3 Å². The van der Waals surface area contributed by atoms with Gasteiger partial charge in [0.2, 0.25) is 5.88 Å². The highest BCUT2D eigenvalue weighted by Crippen LogP contribution is 2.25. The lowest BCUT2D eigenvalue weighted by atomic mass is 10.1. The number of carbonyl (C=O) groups excluding carboxylic acids is 1. The van der Waals surface area contributed by atoms with Crippen LogP contribution in [0.25, 0.3) is 12.2 Å². The fourth-order valence-electron chi connectivity index (χ4n) is 2.30. The van der Waals surface area contributed by atoms with Crippen LogP contribution >= 0.6 is 11.3 Å². The van der Waals surface area contributed by atoms with Crippen molar-refractivity contribution in [3.63, 3.8) is 0 Å². The van der Waals surface area contributed by atoms with Crippen LogP contribution < -0.4 is 4.74 Å². The Morgan fingerprint density at radius 1 is 1.16 bits per heavy atom. The van der Waals surface area contributed by atoms with E-state index in [1.807, 2.05) is 44.2 Å². The zero-order valence-electron chi connectivity index (χ0n) is 13.8. The highest BCUT2D eigenvalue weighted by atomic mass is 32.1.